The van der Waals surface area contributed by atoms with Gasteiger partial charge in [-0.15, -0.1) is 11.3 Å². The lowest BCUT2D eigenvalue weighted by Gasteiger charge is -2.09. The average Bonchev–Trinajstić information content (AvgIpc) is 3.21. The molecule has 2 amide bonds. The number of thiophene rings is 1. The maximum absolute atomic E-state index is 12.4. The van der Waals surface area contributed by atoms with Crippen molar-refractivity contribution >= 4 is 34.1 Å². The molecule has 3 aromatic rings. The van der Waals surface area contributed by atoms with E-state index in [2.05, 4.69) is 20.6 Å². The van der Waals surface area contributed by atoms with E-state index in [0.717, 1.165) is 28.8 Å². The van der Waals surface area contributed by atoms with Crippen molar-refractivity contribution in [2.75, 3.05) is 33.7 Å². The highest BCUT2D eigenvalue weighted by molar-refractivity contribution is 7.17. The number of hydrogen-bond acceptors (Lipinski definition) is 6. The summed E-state index contributed by atoms with van der Waals surface area (Å²) >= 11 is 1.39. The van der Waals surface area contributed by atoms with E-state index in [-0.39, 0.29) is 11.8 Å². The molecule has 0 aliphatic carbocycles. The fraction of sp³-hybridized carbons (Fsp3) is 0.333. The van der Waals surface area contributed by atoms with Crippen LogP contribution in [0.4, 0.5) is 0 Å². The molecule has 0 saturated heterocycles. The van der Waals surface area contributed by atoms with Crippen LogP contribution in [-0.2, 0) is 0 Å². The topological polar surface area (TPSA) is 87.2 Å². The third kappa shape index (κ3) is 5.16. The monoisotopic (exact) mass is 411 g/mol. The summed E-state index contributed by atoms with van der Waals surface area (Å²) < 4.78 is 0. The van der Waals surface area contributed by atoms with Gasteiger partial charge in [-0.1, -0.05) is 6.92 Å². The van der Waals surface area contributed by atoms with Gasteiger partial charge in [0.05, 0.1) is 10.4 Å². The number of nitrogens with one attached hydrogen (secondary N) is 2. The Labute approximate surface area is 174 Å². The van der Waals surface area contributed by atoms with Crippen LogP contribution in [0, 0.1) is 0 Å². The fourth-order valence-electron chi connectivity index (χ4n) is 2.76. The van der Waals surface area contributed by atoms with E-state index in [9.17, 15) is 9.59 Å². The van der Waals surface area contributed by atoms with Crippen LogP contribution in [0.15, 0.2) is 36.7 Å². The second-order valence-electron chi connectivity index (χ2n) is 6.93. The predicted molar refractivity (Wildman–Crippen MR) is 116 cm³/mol. The molecule has 8 heteroatoms. The number of carbonyl (C=O) groups is 2. The summed E-state index contributed by atoms with van der Waals surface area (Å²) in [6.45, 7) is 3.98. The Balaban J connectivity index is 1.87. The molecule has 29 heavy (non-hydrogen) atoms. The summed E-state index contributed by atoms with van der Waals surface area (Å²) in [5.74, 6) is -0.285. The van der Waals surface area contributed by atoms with E-state index in [1.54, 1.807) is 18.5 Å². The van der Waals surface area contributed by atoms with Gasteiger partial charge in [-0.25, -0.2) is 4.98 Å². The van der Waals surface area contributed by atoms with Gasteiger partial charge in [0.25, 0.3) is 11.8 Å². The molecule has 0 bridgehead atoms. The normalized spacial score (nSPS) is 11.0. The largest absolute Gasteiger partial charge is 0.351 e. The zero-order valence-corrected chi connectivity index (χ0v) is 17.7. The van der Waals surface area contributed by atoms with E-state index >= 15 is 0 Å². The van der Waals surface area contributed by atoms with Crippen LogP contribution in [0.2, 0.25) is 0 Å². The molecular weight excluding hydrogens is 386 g/mol. The van der Waals surface area contributed by atoms with Crippen molar-refractivity contribution in [2.24, 2.45) is 0 Å². The van der Waals surface area contributed by atoms with E-state index in [4.69, 9.17) is 0 Å². The first kappa shape index (κ1) is 20.9. The number of carbonyl (C=O) groups excluding carboxylic acids is 2. The van der Waals surface area contributed by atoms with Gasteiger partial charge in [-0.05, 0) is 44.8 Å². The first-order chi connectivity index (χ1) is 14.0. The quantitative estimate of drug-likeness (QED) is 0.595. The lowest BCUT2D eigenvalue weighted by molar-refractivity contribution is 0.0943. The summed E-state index contributed by atoms with van der Waals surface area (Å²) in [6, 6.07) is 7.26. The summed E-state index contributed by atoms with van der Waals surface area (Å²) in [6.07, 6.45) is 4.31. The fourth-order valence-corrected chi connectivity index (χ4v) is 3.70. The summed E-state index contributed by atoms with van der Waals surface area (Å²) in [7, 11) is 3.93. The average molecular weight is 412 g/mol. The number of likely N-dealkylation sites (N-methyl/N-ethyl adjacent to an activating group) is 1. The number of nitrogens with zero attached hydrogens (tertiary/aromatic N) is 3. The SMILES string of the molecule is CCCNC(=O)c1ccc2cncc(-c3ccc(C(=O)NCCN(C)C)s3)c2n1. The number of pyridine rings is 2. The van der Waals surface area contributed by atoms with Crippen molar-refractivity contribution in [1.29, 1.82) is 0 Å². The second kappa shape index (κ2) is 9.58. The van der Waals surface area contributed by atoms with Gasteiger partial charge in [-0.2, -0.15) is 0 Å². The van der Waals surface area contributed by atoms with Crippen molar-refractivity contribution in [2.45, 2.75) is 13.3 Å². The Kier molecular flexibility index (Phi) is 6.90. The molecule has 0 atom stereocenters. The molecule has 3 aromatic heterocycles. The Morgan fingerprint density at radius 3 is 2.59 bits per heavy atom. The molecule has 0 unspecified atom stereocenters. The lowest BCUT2D eigenvalue weighted by Crippen LogP contribution is -2.30. The van der Waals surface area contributed by atoms with Gasteiger partial charge in [0.1, 0.15) is 5.69 Å². The van der Waals surface area contributed by atoms with Crippen LogP contribution < -0.4 is 10.6 Å². The summed E-state index contributed by atoms with van der Waals surface area (Å²) in [4.78, 5) is 37.1. The van der Waals surface area contributed by atoms with E-state index in [1.165, 1.54) is 11.3 Å². The Morgan fingerprint density at radius 2 is 1.83 bits per heavy atom. The maximum atomic E-state index is 12.4. The molecule has 0 aromatic carbocycles. The van der Waals surface area contributed by atoms with Crippen molar-refractivity contribution in [3.05, 3.63) is 47.2 Å². The van der Waals surface area contributed by atoms with Crippen molar-refractivity contribution in [3.63, 3.8) is 0 Å². The maximum Gasteiger partial charge on any atom is 0.269 e. The third-order valence-corrected chi connectivity index (χ3v) is 5.42. The minimum atomic E-state index is -0.191. The van der Waals surface area contributed by atoms with Gasteiger partial charge >= 0.3 is 0 Å². The zero-order valence-electron chi connectivity index (χ0n) is 16.9. The molecule has 0 spiro atoms. The van der Waals surface area contributed by atoms with Crippen molar-refractivity contribution < 1.29 is 9.59 Å². The first-order valence-corrected chi connectivity index (χ1v) is 10.4. The number of hydrogen-bond donors (Lipinski definition) is 2. The second-order valence-corrected chi connectivity index (χ2v) is 8.02. The van der Waals surface area contributed by atoms with E-state index < -0.39 is 0 Å². The Bertz CT molecular complexity index is 1020. The van der Waals surface area contributed by atoms with Crippen LogP contribution in [0.3, 0.4) is 0 Å². The number of fused-ring (bicyclic) bond motifs is 1. The predicted octanol–water partition coefficient (Wildman–Crippen LogP) is 2.79. The molecule has 152 valence electrons. The molecule has 0 aliphatic heterocycles. The molecule has 3 rings (SSSR count). The number of rotatable bonds is 8. The summed E-state index contributed by atoms with van der Waals surface area (Å²) in [5, 5.41) is 6.62. The smallest absolute Gasteiger partial charge is 0.269 e. The van der Waals surface area contributed by atoms with Crippen molar-refractivity contribution in [1.82, 2.24) is 25.5 Å². The molecule has 3 heterocycles. The Morgan fingerprint density at radius 1 is 1.03 bits per heavy atom. The molecule has 0 radical (unpaired) electrons. The summed E-state index contributed by atoms with van der Waals surface area (Å²) in [5.41, 5.74) is 1.88. The van der Waals surface area contributed by atoms with Crippen LogP contribution in [0.25, 0.3) is 21.3 Å². The highest BCUT2D eigenvalue weighted by atomic mass is 32.1. The van der Waals surface area contributed by atoms with Gasteiger partial charge in [0.15, 0.2) is 0 Å². The minimum absolute atomic E-state index is 0.0936. The lowest BCUT2D eigenvalue weighted by atomic mass is 10.1. The number of aromatic nitrogens is 2. The van der Waals surface area contributed by atoms with Crippen LogP contribution in [0.1, 0.15) is 33.5 Å². The molecule has 7 nitrogen and oxygen atoms in total. The van der Waals surface area contributed by atoms with E-state index in [1.807, 2.05) is 44.1 Å². The van der Waals surface area contributed by atoms with Crippen LogP contribution >= 0.6 is 11.3 Å². The van der Waals surface area contributed by atoms with Crippen LogP contribution in [-0.4, -0.2) is 60.4 Å². The highest BCUT2D eigenvalue weighted by Crippen LogP contribution is 2.32. The molecule has 0 saturated carbocycles. The van der Waals surface area contributed by atoms with E-state index in [0.29, 0.717) is 29.2 Å². The molecule has 0 aliphatic rings. The van der Waals surface area contributed by atoms with Gasteiger partial charge in [0, 0.05) is 47.9 Å². The third-order valence-electron chi connectivity index (χ3n) is 4.31. The van der Waals surface area contributed by atoms with Gasteiger partial charge in [-0.3, -0.25) is 14.6 Å². The highest BCUT2D eigenvalue weighted by Gasteiger charge is 2.15. The Hall–Kier alpha value is -2.84. The zero-order chi connectivity index (χ0) is 20.8. The van der Waals surface area contributed by atoms with Crippen LogP contribution in [0.5, 0.6) is 0 Å². The van der Waals surface area contributed by atoms with Gasteiger partial charge < -0.3 is 15.5 Å². The first-order valence-electron chi connectivity index (χ1n) is 9.55. The minimum Gasteiger partial charge on any atom is -0.351 e. The number of amides is 2. The van der Waals surface area contributed by atoms with Gasteiger partial charge in [0.2, 0.25) is 0 Å². The molecular formula is C21H25N5O2S. The molecule has 0 fully saturated rings. The van der Waals surface area contributed by atoms with Crippen molar-refractivity contribution in [3.8, 4) is 10.4 Å². The standard InChI is InChI=1S/C21H25N5O2S/c1-4-9-23-20(27)16-6-5-14-12-22-13-15(19(14)25-16)17-7-8-18(29-17)21(28)24-10-11-26(2)3/h5-8,12-13H,4,9-11H2,1-3H3,(H,23,27)(H,24,28). The molecule has 2 N–H and O–H groups in total.